The van der Waals surface area contributed by atoms with Crippen molar-refractivity contribution in [3.05, 3.63) is 72.1 Å². The van der Waals surface area contributed by atoms with E-state index in [4.69, 9.17) is 5.73 Å². The number of benzene rings is 1. The number of fused-ring (bicyclic) bond motifs is 3. The number of nitrogens with zero attached hydrogens (tertiary/aromatic N) is 2. The number of rotatable bonds is 3. The second kappa shape index (κ2) is 6.50. The van der Waals surface area contributed by atoms with Crippen molar-refractivity contribution in [3.8, 4) is 5.69 Å². The van der Waals surface area contributed by atoms with Gasteiger partial charge in [-0.05, 0) is 43.0 Å². The summed E-state index contributed by atoms with van der Waals surface area (Å²) in [5, 5.41) is 2.92. The number of hydrogen-bond acceptors (Lipinski definition) is 3. The number of allylic oxidation sites excluding steroid dienone is 3. The minimum absolute atomic E-state index is 0.0993. The van der Waals surface area contributed by atoms with Crippen LogP contribution in [0, 0.1) is 5.41 Å². The molecule has 2 aromatic rings. The first kappa shape index (κ1) is 17.2. The van der Waals surface area contributed by atoms with Gasteiger partial charge < -0.3 is 15.6 Å². The summed E-state index contributed by atoms with van der Waals surface area (Å²) in [5.41, 5.74) is 6.09. The molecule has 2 aliphatic rings. The fourth-order valence-electron chi connectivity index (χ4n) is 3.67. The second-order valence-corrected chi connectivity index (χ2v) is 6.81. The molecule has 0 saturated heterocycles. The van der Waals surface area contributed by atoms with Gasteiger partial charge in [0, 0.05) is 18.1 Å². The van der Waals surface area contributed by atoms with Gasteiger partial charge in [0.2, 0.25) is 11.8 Å². The van der Waals surface area contributed by atoms with Crippen LogP contribution in [0.2, 0.25) is 0 Å². The number of aromatic nitrogens is 2. The third kappa shape index (κ3) is 2.85. The summed E-state index contributed by atoms with van der Waals surface area (Å²) < 4.78 is 15.3. The molecule has 2 atom stereocenters. The van der Waals surface area contributed by atoms with Crippen molar-refractivity contribution in [2.24, 2.45) is 11.1 Å². The molecule has 1 aromatic heterocycles. The zero-order chi connectivity index (χ0) is 19.0. The summed E-state index contributed by atoms with van der Waals surface area (Å²) >= 11 is 0. The highest BCUT2D eigenvalue weighted by Crippen LogP contribution is 2.33. The Balaban J connectivity index is 1.65. The average Bonchev–Trinajstić information content (AvgIpc) is 3.10. The molecule has 2 amide bonds. The average molecular weight is 366 g/mol. The molecular weight excluding hydrogens is 347 g/mol. The quantitative estimate of drug-likeness (QED) is 0.817. The van der Waals surface area contributed by atoms with Crippen LogP contribution in [0.1, 0.15) is 30.3 Å². The van der Waals surface area contributed by atoms with E-state index < -0.39 is 23.1 Å². The van der Waals surface area contributed by atoms with Crippen LogP contribution in [0.3, 0.4) is 0 Å². The van der Waals surface area contributed by atoms with Crippen LogP contribution in [0.5, 0.6) is 0 Å². The molecule has 0 fully saturated rings. The number of para-hydroxylation sites is 1. The zero-order valence-corrected chi connectivity index (χ0v) is 14.6. The lowest BCUT2D eigenvalue weighted by atomic mass is 9.79. The first-order chi connectivity index (χ1) is 13.0. The predicted molar refractivity (Wildman–Crippen MR) is 97.3 cm³/mol. The molecule has 0 spiro atoms. The number of primary amides is 1. The molecular formula is C20H19FN4O2. The molecule has 6 nitrogen and oxygen atoms in total. The number of amides is 2. The Morgan fingerprint density at radius 2 is 2.15 bits per heavy atom. The first-order valence-electron chi connectivity index (χ1n) is 8.78. The summed E-state index contributed by atoms with van der Waals surface area (Å²) in [4.78, 5) is 29.5. The fraction of sp³-hybridized carbons (Fsp3) is 0.250. The molecule has 0 bridgehead atoms. The molecule has 0 radical (unpaired) electrons. The monoisotopic (exact) mass is 366 g/mol. The van der Waals surface area contributed by atoms with Crippen molar-refractivity contribution in [2.75, 3.05) is 0 Å². The molecule has 4 rings (SSSR count). The Labute approximate surface area is 155 Å². The highest BCUT2D eigenvalue weighted by Gasteiger charge is 2.44. The van der Waals surface area contributed by atoms with Crippen LogP contribution in [-0.4, -0.2) is 21.4 Å². The Morgan fingerprint density at radius 3 is 2.89 bits per heavy atom. The second-order valence-electron chi connectivity index (χ2n) is 6.81. The normalized spacial score (nSPS) is 23.6. The standard InChI is InChI=1S/C20H19FN4O2/c21-14-7-9-20(10-8-14,18(22)26)19(27)24-15-6-5-13-3-1-2-4-16(13)25-12-11-23-17(15)25/h1-4,7-9,11-12,15H,5-6,10H2,(H2,22,26)(H,24,27)/t15-,20?/m1/s1. The molecule has 138 valence electrons. The number of aryl methyl sites for hydroxylation is 1. The van der Waals surface area contributed by atoms with Gasteiger partial charge in [-0.15, -0.1) is 0 Å². The topological polar surface area (TPSA) is 90.0 Å². The maximum atomic E-state index is 13.4. The summed E-state index contributed by atoms with van der Waals surface area (Å²) in [6, 6.07) is 7.60. The number of hydrogen-bond donors (Lipinski definition) is 2. The maximum absolute atomic E-state index is 13.4. The van der Waals surface area contributed by atoms with Crippen molar-refractivity contribution in [2.45, 2.75) is 25.3 Å². The largest absolute Gasteiger partial charge is 0.368 e. The molecule has 27 heavy (non-hydrogen) atoms. The van der Waals surface area contributed by atoms with Gasteiger partial charge in [0.15, 0.2) is 0 Å². The SMILES string of the molecule is NC(=O)C1(C(=O)N[C@@H]2CCc3ccccc3-n3ccnc32)C=CC(F)=CC1. The number of nitrogens with one attached hydrogen (secondary N) is 1. The van der Waals surface area contributed by atoms with Crippen molar-refractivity contribution in [1.82, 2.24) is 14.9 Å². The number of nitrogens with two attached hydrogens (primary N) is 1. The van der Waals surface area contributed by atoms with E-state index in [1.807, 2.05) is 35.0 Å². The van der Waals surface area contributed by atoms with Gasteiger partial charge in [-0.1, -0.05) is 24.3 Å². The van der Waals surface area contributed by atoms with E-state index in [1.54, 1.807) is 6.20 Å². The van der Waals surface area contributed by atoms with Gasteiger partial charge in [-0.2, -0.15) is 0 Å². The first-order valence-corrected chi connectivity index (χ1v) is 8.78. The van der Waals surface area contributed by atoms with Crippen LogP contribution < -0.4 is 11.1 Å². The highest BCUT2D eigenvalue weighted by atomic mass is 19.1. The van der Waals surface area contributed by atoms with Crippen LogP contribution in [0.25, 0.3) is 5.69 Å². The van der Waals surface area contributed by atoms with Crippen LogP contribution in [-0.2, 0) is 16.0 Å². The third-order valence-corrected chi connectivity index (χ3v) is 5.23. The van der Waals surface area contributed by atoms with Crippen molar-refractivity contribution < 1.29 is 14.0 Å². The van der Waals surface area contributed by atoms with Gasteiger partial charge in [0.05, 0.1) is 6.04 Å². The molecule has 1 aromatic carbocycles. The van der Waals surface area contributed by atoms with Crippen LogP contribution in [0.15, 0.2) is 60.7 Å². The van der Waals surface area contributed by atoms with Gasteiger partial charge in [0.25, 0.3) is 0 Å². The maximum Gasteiger partial charge on any atom is 0.240 e. The fourth-order valence-corrected chi connectivity index (χ4v) is 3.67. The Kier molecular flexibility index (Phi) is 4.14. The number of carbonyl (C=O) groups is 2. The van der Waals surface area contributed by atoms with Crippen LogP contribution >= 0.6 is 0 Å². The van der Waals surface area contributed by atoms with Gasteiger partial charge >= 0.3 is 0 Å². The lowest BCUT2D eigenvalue weighted by molar-refractivity contribution is -0.139. The molecule has 1 aliphatic carbocycles. The zero-order valence-electron chi connectivity index (χ0n) is 14.6. The Hall–Kier alpha value is -3.22. The lowest BCUT2D eigenvalue weighted by Crippen LogP contribution is -2.50. The lowest BCUT2D eigenvalue weighted by Gasteiger charge is -2.29. The minimum Gasteiger partial charge on any atom is -0.368 e. The van der Waals surface area contributed by atoms with E-state index in [-0.39, 0.29) is 12.5 Å². The minimum atomic E-state index is -1.59. The molecule has 1 unspecified atom stereocenters. The third-order valence-electron chi connectivity index (χ3n) is 5.23. The van der Waals surface area contributed by atoms with Crippen LogP contribution in [0.4, 0.5) is 4.39 Å². The van der Waals surface area contributed by atoms with Crippen molar-refractivity contribution in [3.63, 3.8) is 0 Å². The van der Waals surface area contributed by atoms with Gasteiger partial charge in [-0.25, -0.2) is 9.37 Å². The number of imidazole rings is 1. The van der Waals surface area contributed by atoms with Crippen molar-refractivity contribution in [1.29, 1.82) is 0 Å². The predicted octanol–water partition coefficient (Wildman–Crippen LogP) is 2.26. The Morgan fingerprint density at radius 1 is 1.33 bits per heavy atom. The highest BCUT2D eigenvalue weighted by molar-refractivity contribution is 6.07. The van der Waals surface area contributed by atoms with Crippen molar-refractivity contribution >= 4 is 11.8 Å². The molecule has 1 aliphatic heterocycles. The van der Waals surface area contributed by atoms with E-state index in [1.165, 1.54) is 12.2 Å². The summed E-state index contributed by atoms with van der Waals surface area (Å²) in [6.45, 7) is 0. The summed E-state index contributed by atoms with van der Waals surface area (Å²) in [6.07, 6.45) is 8.36. The van der Waals surface area contributed by atoms with E-state index in [2.05, 4.69) is 10.3 Å². The summed E-state index contributed by atoms with van der Waals surface area (Å²) in [5.74, 6) is -1.14. The molecule has 7 heteroatoms. The smallest absolute Gasteiger partial charge is 0.240 e. The van der Waals surface area contributed by atoms with Gasteiger partial charge in [-0.3, -0.25) is 9.59 Å². The number of halogens is 1. The summed E-state index contributed by atoms with van der Waals surface area (Å²) in [7, 11) is 0. The van der Waals surface area contributed by atoms with Gasteiger partial charge in [0.1, 0.15) is 17.1 Å². The van der Waals surface area contributed by atoms with E-state index in [0.717, 1.165) is 23.7 Å². The van der Waals surface area contributed by atoms with E-state index >= 15 is 0 Å². The molecule has 3 N–H and O–H groups in total. The number of carbonyl (C=O) groups excluding carboxylic acids is 2. The Bertz CT molecular complexity index is 978. The molecule has 0 saturated carbocycles. The van der Waals surface area contributed by atoms with E-state index in [0.29, 0.717) is 12.2 Å². The van der Waals surface area contributed by atoms with E-state index in [9.17, 15) is 14.0 Å². The molecule has 2 heterocycles.